The van der Waals surface area contributed by atoms with E-state index in [0.717, 1.165) is 11.3 Å². The van der Waals surface area contributed by atoms with E-state index < -0.39 is 0 Å². The molecule has 0 spiro atoms. The Morgan fingerprint density at radius 3 is 3.06 bits per heavy atom. The van der Waals surface area contributed by atoms with Crippen molar-refractivity contribution in [3.8, 4) is 0 Å². The highest BCUT2D eigenvalue weighted by atomic mass is 16.2. The first-order chi connectivity index (χ1) is 8.16. The number of carbonyl (C=O) groups excluding carboxylic acids is 2. The molecule has 1 aromatic heterocycles. The molecule has 1 aliphatic heterocycles. The molecule has 0 bridgehead atoms. The molecule has 90 valence electrons. The van der Waals surface area contributed by atoms with Crippen LogP contribution in [0.4, 0.5) is 0 Å². The molecule has 1 saturated heterocycles. The van der Waals surface area contributed by atoms with Crippen molar-refractivity contribution in [1.82, 2.24) is 15.6 Å². The van der Waals surface area contributed by atoms with Crippen molar-refractivity contribution in [1.29, 1.82) is 0 Å². The molecule has 0 aromatic carbocycles. The summed E-state index contributed by atoms with van der Waals surface area (Å²) in [5.41, 5.74) is 2.02. The van der Waals surface area contributed by atoms with Gasteiger partial charge in [-0.05, 0) is 25.0 Å². The van der Waals surface area contributed by atoms with Crippen molar-refractivity contribution < 1.29 is 9.59 Å². The molecule has 5 nitrogen and oxygen atoms in total. The van der Waals surface area contributed by atoms with E-state index >= 15 is 0 Å². The predicted octanol–water partition coefficient (Wildman–Crippen LogP) is 0.285. The lowest BCUT2D eigenvalue weighted by Crippen LogP contribution is -2.50. The first-order valence-corrected chi connectivity index (χ1v) is 5.64. The Morgan fingerprint density at radius 2 is 2.35 bits per heavy atom. The standard InChI is InChI=1S/C12H15N3O2/c1-8-3-2-6-13-10(8)7-14-9-4-5-11(16)15-12(9)17/h2-3,6,9,14H,4-5,7H2,1H3,(H,15,16,17). The van der Waals surface area contributed by atoms with Gasteiger partial charge in [-0.2, -0.15) is 0 Å². The van der Waals surface area contributed by atoms with Crippen LogP contribution in [0.1, 0.15) is 24.1 Å². The zero-order valence-corrected chi connectivity index (χ0v) is 9.69. The number of nitrogens with one attached hydrogen (secondary N) is 2. The topological polar surface area (TPSA) is 71.1 Å². The van der Waals surface area contributed by atoms with Crippen LogP contribution in [0.5, 0.6) is 0 Å². The lowest BCUT2D eigenvalue weighted by atomic mass is 10.1. The van der Waals surface area contributed by atoms with Crippen molar-refractivity contribution in [2.75, 3.05) is 0 Å². The molecular weight excluding hydrogens is 218 g/mol. The number of aryl methyl sites for hydroxylation is 1. The van der Waals surface area contributed by atoms with Gasteiger partial charge in [0.2, 0.25) is 11.8 Å². The zero-order chi connectivity index (χ0) is 12.3. The predicted molar refractivity (Wildman–Crippen MR) is 62.0 cm³/mol. The number of pyridine rings is 1. The quantitative estimate of drug-likeness (QED) is 0.736. The van der Waals surface area contributed by atoms with Gasteiger partial charge >= 0.3 is 0 Å². The average molecular weight is 233 g/mol. The number of nitrogens with zero attached hydrogens (tertiary/aromatic N) is 1. The van der Waals surface area contributed by atoms with Gasteiger partial charge < -0.3 is 5.32 Å². The molecule has 0 radical (unpaired) electrons. The number of aromatic nitrogens is 1. The Morgan fingerprint density at radius 1 is 1.53 bits per heavy atom. The van der Waals surface area contributed by atoms with Crippen molar-refractivity contribution in [3.05, 3.63) is 29.6 Å². The number of carbonyl (C=O) groups is 2. The third-order valence-electron chi connectivity index (χ3n) is 2.87. The second-order valence-corrected chi connectivity index (χ2v) is 4.15. The van der Waals surface area contributed by atoms with Crippen molar-refractivity contribution in [2.24, 2.45) is 0 Å². The maximum atomic E-state index is 11.5. The fourth-order valence-electron chi connectivity index (χ4n) is 1.81. The first kappa shape index (κ1) is 11.7. The minimum Gasteiger partial charge on any atom is -0.300 e. The fourth-order valence-corrected chi connectivity index (χ4v) is 1.81. The van der Waals surface area contributed by atoms with Gasteiger partial charge in [0, 0.05) is 19.2 Å². The summed E-state index contributed by atoms with van der Waals surface area (Å²) in [4.78, 5) is 26.7. The highest BCUT2D eigenvalue weighted by molar-refractivity contribution is 6.00. The van der Waals surface area contributed by atoms with Crippen LogP contribution in [-0.4, -0.2) is 22.8 Å². The van der Waals surface area contributed by atoms with Crippen LogP contribution < -0.4 is 10.6 Å². The Kier molecular flexibility index (Phi) is 3.49. The van der Waals surface area contributed by atoms with Crippen LogP contribution in [0.15, 0.2) is 18.3 Å². The highest BCUT2D eigenvalue weighted by Gasteiger charge is 2.25. The van der Waals surface area contributed by atoms with E-state index in [0.29, 0.717) is 19.4 Å². The number of hydrogen-bond donors (Lipinski definition) is 2. The third kappa shape index (κ3) is 2.88. The maximum absolute atomic E-state index is 11.5. The normalized spacial score (nSPS) is 20.2. The molecule has 1 fully saturated rings. The summed E-state index contributed by atoms with van der Waals surface area (Å²) in [5, 5.41) is 5.44. The van der Waals surface area contributed by atoms with Crippen LogP contribution in [0, 0.1) is 6.92 Å². The van der Waals surface area contributed by atoms with Gasteiger partial charge in [0.1, 0.15) is 0 Å². The number of imide groups is 1. The molecule has 17 heavy (non-hydrogen) atoms. The van der Waals surface area contributed by atoms with Crippen molar-refractivity contribution >= 4 is 11.8 Å². The van der Waals surface area contributed by atoms with Crippen LogP contribution in [-0.2, 0) is 16.1 Å². The molecule has 1 unspecified atom stereocenters. The SMILES string of the molecule is Cc1cccnc1CNC1CCC(=O)NC1=O. The zero-order valence-electron chi connectivity index (χ0n) is 9.69. The second kappa shape index (κ2) is 5.05. The molecule has 2 rings (SSSR count). The Hall–Kier alpha value is -1.75. The van der Waals surface area contributed by atoms with E-state index in [4.69, 9.17) is 0 Å². The van der Waals surface area contributed by atoms with Gasteiger partial charge in [-0.15, -0.1) is 0 Å². The summed E-state index contributed by atoms with van der Waals surface area (Å²) in [6, 6.07) is 3.56. The summed E-state index contributed by atoms with van der Waals surface area (Å²) in [5.74, 6) is -0.433. The summed E-state index contributed by atoms with van der Waals surface area (Å²) < 4.78 is 0. The third-order valence-corrected chi connectivity index (χ3v) is 2.87. The Balaban J connectivity index is 1.92. The average Bonchev–Trinajstić information content (AvgIpc) is 2.30. The number of rotatable bonds is 3. The van der Waals surface area contributed by atoms with E-state index in [1.165, 1.54) is 0 Å². The minimum atomic E-state index is -0.297. The molecule has 1 atom stereocenters. The molecule has 5 heteroatoms. The molecule has 2 amide bonds. The van der Waals surface area contributed by atoms with Crippen molar-refractivity contribution in [3.63, 3.8) is 0 Å². The number of hydrogen-bond acceptors (Lipinski definition) is 4. The molecule has 1 aromatic rings. The second-order valence-electron chi connectivity index (χ2n) is 4.15. The van der Waals surface area contributed by atoms with E-state index in [1.54, 1.807) is 6.20 Å². The summed E-state index contributed by atoms with van der Waals surface area (Å²) in [6.07, 6.45) is 2.68. The lowest BCUT2D eigenvalue weighted by Gasteiger charge is -2.21. The lowest BCUT2D eigenvalue weighted by molar-refractivity contribution is -0.134. The van der Waals surface area contributed by atoms with E-state index in [-0.39, 0.29) is 17.9 Å². The van der Waals surface area contributed by atoms with Crippen molar-refractivity contribution in [2.45, 2.75) is 32.4 Å². The molecule has 0 aliphatic carbocycles. The number of piperidine rings is 1. The van der Waals surface area contributed by atoms with Gasteiger partial charge in [-0.25, -0.2) is 0 Å². The van der Waals surface area contributed by atoms with Gasteiger partial charge in [0.15, 0.2) is 0 Å². The highest BCUT2D eigenvalue weighted by Crippen LogP contribution is 2.07. The molecule has 1 aliphatic rings. The smallest absolute Gasteiger partial charge is 0.243 e. The van der Waals surface area contributed by atoms with Crippen LogP contribution >= 0.6 is 0 Å². The number of amides is 2. The van der Waals surface area contributed by atoms with Crippen LogP contribution in [0.25, 0.3) is 0 Å². The molecular formula is C12H15N3O2. The monoisotopic (exact) mass is 233 g/mol. The molecule has 2 N–H and O–H groups in total. The molecule has 0 saturated carbocycles. The summed E-state index contributed by atoms with van der Waals surface area (Å²) >= 11 is 0. The van der Waals surface area contributed by atoms with E-state index in [9.17, 15) is 9.59 Å². The summed E-state index contributed by atoms with van der Waals surface area (Å²) in [7, 11) is 0. The van der Waals surface area contributed by atoms with Gasteiger partial charge in [0.25, 0.3) is 0 Å². The maximum Gasteiger partial charge on any atom is 0.243 e. The van der Waals surface area contributed by atoms with E-state index in [1.807, 2.05) is 19.1 Å². The van der Waals surface area contributed by atoms with Gasteiger partial charge in [0.05, 0.1) is 11.7 Å². The summed E-state index contributed by atoms with van der Waals surface area (Å²) in [6.45, 7) is 2.52. The van der Waals surface area contributed by atoms with E-state index in [2.05, 4.69) is 15.6 Å². The largest absolute Gasteiger partial charge is 0.300 e. The van der Waals surface area contributed by atoms with Crippen LogP contribution in [0.3, 0.4) is 0 Å². The Bertz CT molecular complexity index is 445. The van der Waals surface area contributed by atoms with Gasteiger partial charge in [-0.1, -0.05) is 6.07 Å². The molecule has 2 heterocycles. The first-order valence-electron chi connectivity index (χ1n) is 5.64. The Labute approximate surface area is 99.6 Å². The van der Waals surface area contributed by atoms with Crippen LogP contribution in [0.2, 0.25) is 0 Å². The fraction of sp³-hybridized carbons (Fsp3) is 0.417. The van der Waals surface area contributed by atoms with Gasteiger partial charge in [-0.3, -0.25) is 19.9 Å². The minimum absolute atomic E-state index is 0.193.